The van der Waals surface area contributed by atoms with Crippen LogP contribution in [0.1, 0.15) is 30.3 Å². The molecule has 3 heterocycles. The zero-order valence-corrected chi connectivity index (χ0v) is 14.1. The van der Waals surface area contributed by atoms with Crippen molar-refractivity contribution >= 4 is 32.5 Å². The number of rotatable bonds is 2. The summed E-state index contributed by atoms with van der Waals surface area (Å²) in [5.74, 6) is 1.71. The molecule has 1 fully saturated rings. The summed E-state index contributed by atoms with van der Waals surface area (Å²) >= 11 is 3.58. The average Bonchev–Trinajstić information content (AvgIpc) is 3.16. The second-order valence-corrected chi connectivity index (χ2v) is 6.55. The van der Waals surface area contributed by atoms with Crippen LogP contribution in [0.5, 0.6) is 5.75 Å². The van der Waals surface area contributed by atoms with Gasteiger partial charge in [-0.3, -0.25) is 4.40 Å². The SMILES string of the molecule is COc1cc2c(cc1Br)cc(C1CCCN1)c1nnc(C)n12. The molecule has 1 saturated heterocycles. The Balaban J connectivity index is 2.08. The molecule has 1 N–H and O–H groups in total. The minimum absolute atomic E-state index is 0.358. The summed E-state index contributed by atoms with van der Waals surface area (Å²) in [5, 5.41) is 13.4. The normalized spacial score (nSPS) is 18.4. The summed E-state index contributed by atoms with van der Waals surface area (Å²) in [6, 6.07) is 6.72. The Labute approximate surface area is 136 Å². The lowest BCUT2D eigenvalue weighted by Crippen LogP contribution is -2.14. The Bertz CT molecular complexity index is 868. The van der Waals surface area contributed by atoms with E-state index in [1.54, 1.807) is 7.11 Å². The Hall–Kier alpha value is -1.66. The largest absolute Gasteiger partial charge is 0.495 e. The molecule has 0 amide bonds. The number of hydrogen-bond acceptors (Lipinski definition) is 4. The molecule has 1 aliphatic rings. The lowest BCUT2D eigenvalue weighted by Gasteiger charge is -2.15. The van der Waals surface area contributed by atoms with Gasteiger partial charge in [0.15, 0.2) is 5.65 Å². The van der Waals surface area contributed by atoms with E-state index in [9.17, 15) is 0 Å². The van der Waals surface area contributed by atoms with E-state index in [1.807, 2.05) is 13.0 Å². The summed E-state index contributed by atoms with van der Waals surface area (Å²) < 4.78 is 8.52. The van der Waals surface area contributed by atoms with E-state index in [4.69, 9.17) is 4.74 Å². The molecule has 1 aliphatic heterocycles. The van der Waals surface area contributed by atoms with E-state index < -0.39 is 0 Å². The Morgan fingerprint density at radius 1 is 1.32 bits per heavy atom. The van der Waals surface area contributed by atoms with Gasteiger partial charge in [0.1, 0.15) is 11.6 Å². The van der Waals surface area contributed by atoms with Crippen molar-refractivity contribution in [1.29, 1.82) is 0 Å². The number of ether oxygens (including phenoxy) is 1. The van der Waals surface area contributed by atoms with Crippen LogP contribution in [0.15, 0.2) is 22.7 Å². The Kier molecular flexibility index (Phi) is 3.31. The van der Waals surface area contributed by atoms with Gasteiger partial charge in [0, 0.05) is 23.1 Å². The van der Waals surface area contributed by atoms with Gasteiger partial charge < -0.3 is 10.1 Å². The van der Waals surface area contributed by atoms with Crippen LogP contribution < -0.4 is 10.1 Å². The van der Waals surface area contributed by atoms with Gasteiger partial charge in [-0.25, -0.2) is 0 Å². The van der Waals surface area contributed by atoms with Gasteiger partial charge in [-0.15, -0.1) is 10.2 Å². The molecular formula is C16H17BrN4O. The van der Waals surface area contributed by atoms with Crippen molar-refractivity contribution < 1.29 is 4.74 Å². The second kappa shape index (κ2) is 5.21. The van der Waals surface area contributed by atoms with Crippen LogP contribution in [0.2, 0.25) is 0 Å². The van der Waals surface area contributed by atoms with Crippen LogP contribution in [-0.4, -0.2) is 28.3 Å². The maximum absolute atomic E-state index is 5.44. The molecule has 114 valence electrons. The van der Waals surface area contributed by atoms with Crippen molar-refractivity contribution in [2.45, 2.75) is 25.8 Å². The predicted molar refractivity (Wildman–Crippen MR) is 89.5 cm³/mol. The monoisotopic (exact) mass is 360 g/mol. The number of fused-ring (bicyclic) bond motifs is 3. The summed E-state index contributed by atoms with van der Waals surface area (Å²) in [7, 11) is 1.68. The van der Waals surface area contributed by atoms with Crippen LogP contribution in [-0.2, 0) is 0 Å². The van der Waals surface area contributed by atoms with Crippen molar-refractivity contribution in [2.75, 3.05) is 13.7 Å². The van der Waals surface area contributed by atoms with Gasteiger partial charge in [-0.1, -0.05) is 0 Å². The zero-order chi connectivity index (χ0) is 15.3. The van der Waals surface area contributed by atoms with Crippen molar-refractivity contribution in [2.24, 2.45) is 0 Å². The molecule has 0 aliphatic carbocycles. The number of halogens is 1. The van der Waals surface area contributed by atoms with Crippen LogP contribution in [0, 0.1) is 6.92 Å². The van der Waals surface area contributed by atoms with E-state index in [0.29, 0.717) is 6.04 Å². The molecule has 0 bridgehead atoms. The van der Waals surface area contributed by atoms with Gasteiger partial charge >= 0.3 is 0 Å². The first kappa shape index (κ1) is 14.0. The highest BCUT2D eigenvalue weighted by Gasteiger charge is 2.22. The van der Waals surface area contributed by atoms with Crippen LogP contribution in [0.4, 0.5) is 0 Å². The molecule has 22 heavy (non-hydrogen) atoms. The average molecular weight is 361 g/mol. The Morgan fingerprint density at radius 3 is 2.91 bits per heavy atom. The standard InChI is InChI=1S/C16H17BrN4O/c1-9-19-20-16-11(13-4-3-5-18-13)6-10-7-12(17)15(22-2)8-14(10)21(9)16/h6-8,13,18H,3-5H2,1-2H3. The van der Waals surface area contributed by atoms with E-state index in [0.717, 1.165) is 45.6 Å². The molecule has 5 nitrogen and oxygen atoms in total. The smallest absolute Gasteiger partial charge is 0.166 e. The molecule has 1 aromatic carbocycles. The highest BCUT2D eigenvalue weighted by atomic mass is 79.9. The zero-order valence-electron chi connectivity index (χ0n) is 12.6. The lowest BCUT2D eigenvalue weighted by atomic mass is 10.0. The fraction of sp³-hybridized carbons (Fsp3) is 0.375. The van der Waals surface area contributed by atoms with Gasteiger partial charge in [-0.2, -0.15) is 0 Å². The first-order chi connectivity index (χ1) is 10.7. The fourth-order valence-corrected chi connectivity index (χ4v) is 3.82. The van der Waals surface area contributed by atoms with Gasteiger partial charge in [0.05, 0.1) is 17.1 Å². The summed E-state index contributed by atoms with van der Waals surface area (Å²) in [5.41, 5.74) is 3.23. The molecule has 0 radical (unpaired) electrons. The highest BCUT2D eigenvalue weighted by Crippen LogP contribution is 2.35. The third-order valence-corrected chi connectivity index (χ3v) is 4.99. The fourth-order valence-electron chi connectivity index (χ4n) is 3.30. The first-order valence-corrected chi connectivity index (χ1v) is 8.23. The summed E-state index contributed by atoms with van der Waals surface area (Å²) in [4.78, 5) is 0. The number of benzene rings is 1. The second-order valence-electron chi connectivity index (χ2n) is 5.70. The van der Waals surface area contributed by atoms with Crippen molar-refractivity contribution in [1.82, 2.24) is 19.9 Å². The topological polar surface area (TPSA) is 51.5 Å². The maximum atomic E-state index is 5.44. The first-order valence-electron chi connectivity index (χ1n) is 7.44. The lowest BCUT2D eigenvalue weighted by molar-refractivity contribution is 0.412. The minimum atomic E-state index is 0.358. The molecule has 4 rings (SSSR count). The number of methoxy groups -OCH3 is 1. The molecule has 1 unspecified atom stereocenters. The molecule has 3 aromatic rings. The number of aryl methyl sites for hydroxylation is 1. The third-order valence-electron chi connectivity index (χ3n) is 4.37. The van der Waals surface area contributed by atoms with E-state index in [1.165, 1.54) is 12.0 Å². The molecule has 0 saturated carbocycles. The van der Waals surface area contributed by atoms with Crippen LogP contribution in [0.3, 0.4) is 0 Å². The van der Waals surface area contributed by atoms with Crippen molar-refractivity contribution in [3.8, 4) is 5.75 Å². The number of aromatic nitrogens is 3. The number of nitrogens with one attached hydrogen (secondary N) is 1. The molecule has 0 spiro atoms. The number of pyridine rings is 1. The van der Waals surface area contributed by atoms with Crippen LogP contribution in [0.25, 0.3) is 16.6 Å². The predicted octanol–water partition coefficient (Wildman–Crippen LogP) is 3.39. The van der Waals surface area contributed by atoms with Crippen LogP contribution >= 0.6 is 15.9 Å². The summed E-state index contributed by atoms with van der Waals surface area (Å²) in [6.45, 7) is 3.05. The minimum Gasteiger partial charge on any atom is -0.495 e. The maximum Gasteiger partial charge on any atom is 0.166 e. The third kappa shape index (κ3) is 2.01. The molecule has 6 heteroatoms. The quantitative estimate of drug-likeness (QED) is 0.760. The van der Waals surface area contributed by atoms with E-state index in [-0.39, 0.29) is 0 Å². The summed E-state index contributed by atoms with van der Waals surface area (Å²) in [6.07, 6.45) is 2.35. The van der Waals surface area contributed by atoms with Crippen molar-refractivity contribution in [3.05, 3.63) is 34.1 Å². The van der Waals surface area contributed by atoms with Gasteiger partial charge in [-0.05, 0) is 54.4 Å². The number of nitrogens with zero attached hydrogens (tertiary/aromatic N) is 3. The number of hydrogen-bond donors (Lipinski definition) is 1. The van der Waals surface area contributed by atoms with Gasteiger partial charge in [0.2, 0.25) is 0 Å². The molecular weight excluding hydrogens is 344 g/mol. The van der Waals surface area contributed by atoms with Gasteiger partial charge in [0.25, 0.3) is 0 Å². The van der Waals surface area contributed by atoms with E-state index >= 15 is 0 Å². The van der Waals surface area contributed by atoms with E-state index in [2.05, 4.69) is 48.0 Å². The molecule has 2 aromatic heterocycles. The highest BCUT2D eigenvalue weighted by molar-refractivity contribution is 9.10. The Morgan fingerprint density at radius 2 is 2.18 bits per heavy atom. The van der Waals surface area contributed by atoms with Crippen molar-refractivity contribution in [3.63, 3.8) is 0 Å². The molecule has 1 atom stereocenters.